The van der Waals surface area contributed by atoms with Gasteiger partial charge in [-0.15, -0.1) is 0 Å². The van der Waals surface area contributed by atoms with Crippen molar-refractivity contribution in [1.82, 2.24) is 10.2 Å². The second kappa shape index (κ2) is 7.89. The number of carbonyl (C=O) groups excluding carboxylic acids is 1. The summed E-state index contributed by atoms with van der Waals surface area (Å²) in [5.41, 5.74) is 0.116. The molecule has 1 aliphatic rings. The Morgan fingerprint density at radius 3 is 2.61 bits per heavy atom. The van der Waals surface area contributed by atoms with E-state index in [1.54, 1.807) is 0 Å². The van der Waals surface area contributed by atoms with E-state index < -0.39 is 23.6 Å². The van der Waals surface area contributed by atoms with E-state index in [1.165, 1.54) is 4.90 Å². The highest BCUT2D eigenvalue weighted by molar-refractivity contribution is 5.75. The second-order valence-corrected chi connectivity index (χ2v) is 5.68. The minimum absolute atomic E-state index is 0.00300. The lowest BCUT2D eigenvalue weighted by molar-refractivity contribution is -0.136. The fraction of sp³-hybridized carbons (Fsp3) is 0.500. The molecule has 1 aromatic carbocycles. The molecule has 0 heterocycles. The van der Waals surface area contributed by atoms with Crippen LogP contribution in [0.4, 0.5) is 13.6 Å². The van der Waals surface area contributed by atoms with Gasteiger partial charge in [-0.25, -0.2) is 13.6 Å². The van der Waals surface area contributed by atoms with E-state index in [1.807, 2.05) is 0 Å². The molecule has 126 valence electrons. The predicted octanol–water partition coefficient (Wildman–Crippen LogP) is 2.89. The summed E-state index contributed by atoms with van der Waals surface area (Å²) in [6.45, 7) is -0.0316. The van der Waals surface area contributed by atoms with Gasteiger partial charge in [0.2, 0.25) is 0 Å². The smallest absolute Gasteiger partial charge is 0.317 e. The maximum Gasteiger partial charge on any atom is 0.317 e. The van der Waals surface area contributed by atoms with Gasteiger partial charge in [-0.3, -0.25) is 4.79 Å². The van der Waals surface area contributed by atoms with Crippen molar-refractivity contribution >= 4 is 12.0 Å². The van der Waals surface area contributed by atoms with Crippen LogP contribution in [0.2, 0.25) is 0 Å². The number of hydrogen-bond donors (Lipinski definition) is 2. The SMILES string of the molecule is O=C(O)CCNC(=O)N(Cc1cc(F)ccc1F)C1CCCC1. The van der Waals surface area contributed by atoms with E-state index in [0.29, 0.717) is 0 Å². The average molecular weight is 326 g/mol. The summed E-state index contributed by atoms with van der Waals surface area (Å²) in [5, 5.41) is 11.2. The summed E-state index contributed by atoms with van der Waals surface area (Å²) >= 11 is 0. The highest BCUT2D eigenvalue weighted by Crippen LogP contribution is 2.25. The summed E-state index contributed by atoms with van der Waals surface area (Å²) < 4.78 is 27.2. The van der Waals surface area contributed by atoms with E-state index >= 15 is 0 Å². The fourth-order valence-electron chi connectivity index (χ4n) is 2.81. The van der Waals surface area contributed by atoms with Crippen LogP contribution in [0, 0.1) is 11.6 Å². The third kappa shape index (κ3) is 4.91. The van der Waals surface area contributed by atoms with Crippen molar-refractivity contribution in [2.24, 2.45) is 0 Å². The maximum atomic E-state index is 13.8. The Morgan fingerprint density at radius 2 is 1.96 bits per heavy atom. The standard InChI is InChI=1S/C16H20F2N2O3/c17-12-5-6-14(18)11(9-12)10-20(13-3-1-2-4-13)16(23)19-8-7-15(21)22/h5-6,9,13H,1-4,7-8,10H2,(H,19,23)(H,21,22). The quantitative estimate of drug-likeness (QED) is 0.844. The van der Waals surface area contributed by atoms with Gasteiger partial charge in [-0.05, 0) is 31.0 Å². The van der Waals surface area contributed by atoms with E-state index in [0.717, 1.165) is 43.9 Å². The van der Waals surface area contributed by atoms with Crippen molar-refractivity contribution in [3.05, 3.63) is 35.4 Å². The summed E-state index contributed by atoms with van der Waals surface area (Å²) in [5.74, 6) is -2.12. The monoisotopic (exact) mass is 326 g/mol. The number of carboxylic acid groups (broad SMARTS) is 1. The Hall–Kier alpha value is -2.18. The van der Waals surface area contributed by atoms with Crippen LogP contribution in [0.25, 0.3) is 0 Å². The highest BCUT2D eigenvalue weighted by Gasteiger charge is 2.27. The molecule has 0 aromatic heterocycles. The molecule has 0 atom stereocenters. The number of urea groups is 1. The van der Waals surface area contributed by atoms with Crippen LogP contribution in [-0.4, -0.2) is 34.6 Å². The number of benzene rings is 1. The first-order valence-corrected chi connectivity index (χ1v) is 7.67. The van der Waals surface area contributed by atoms with Gasteiger partial charge >= 0.3 is 12.0 Å². The van der Waals surface area contributed by atoms with Gasteiger partial charge in [0.25, 0.3) is 0 Å². The molecular formula is C16H20F2N2O3. The molecule has 0 saturated heterocycles. The molecule has 2 rings (SSSR count). The molecule has 2 amide bonds. The summed E-state index contributed by atoms with van der Waals surface area (Å²) in [4.78, 5) is 24.3. The molecule has 1 fully saturated rings. The predicted molar refractivity (Wildman–Crippen MR) is 79.8 cm³/mol. The molecule has 0 radical (unpaired) electrons. The molecule has 0 aliphatic heterocycles. The molecule has 1 saturated carbocycles. The van der Waals surface area contributed by atoms with Crippen LogP contribution in [0.3, 0.4) is 0 Å². The number of nitrogens with zero attached hydrogens (tertiary/aromatic N) is 1. The number of amides is 2. The van der Waals surface area contributed by atoms with E-state index in [-0.39, 0.29) is 31.1 Å². The Labute approximate surface area is 133 Å². The minimum Gasteiger partial charge on any atom is -0.481 e. The van der Waals surface area contributed by atoms with Crippen molar-refractivity contribution < 1.29 is 23.5 Å². The molecule has 0 bridgehead atoms. The van der Waals surface area contributed by atoms with Gasteiger partial charge in [0.1, 0.15) is 11.6 Å². The molecule has 23 heavy (non-hydrogen) atoms. The normalized spacial score (nSPS) is 14.7. The number of carboxylic acids is 1. The average Bonchev–Trinajstić information content (AvgIpc) is 3.01. The highest BCUT2D eigenvalue weighted by atomic mass is 19.1. The first-order valence-electron chi connectivity index (χ1n) is 7.67. The number of hydrogen-bond acceptors (Lipinski definition) is 2. The van der Waals surface area contributed by atoms with Crippen LogP contribution in [0.1, 0.15) is 37.7 Å². The minimum atomic E-state index is -1.01. The van der Waals surface area contributed by atoms with Crippen LogP contribution < -0.4 is 5.32 Å². The van der Waals surface area contributed by atoms with Gasteiger partial charge in [0.05, 0.1) is 13.0 Å². The molecule has 0 unspecified atom stereocenters. The Morgan fingerprint density at radius 1 is 1.26 bits per heavy atom. The lowest BCUT2D eigenvalue weighted by atomic mass is 10.1. The second-order valence-electron chi connectivity index (χ2n) is 5.68. The number of nitrogens with one attached hydrogen (secondary N) is 1. The molecular weight excluding hydrogens is 306 g/mol. The number of aliphatic carboxylic acids is 1. The zero-order valence-corrected chi connectivity index (χ0v) is 12.7. The van der Waals surface area contributed by atoms with E-state index in [9.17, 15) is 18.4 Å². The molecule has 5 nitrogen and oxygen atoms in total. The van der Waals surface area contributed by atoms with Gasteiger partial charge in [0.15, 0.2) is 0 Å². The first-order chi connectivity index (χ1) is 11.0. The van der Waals surface area contributed by atoms with Gasteiger partial charge in [-0.1, -0.05) is 12.8 Å². The molecule has 1 aliphatic carbocycles. The molecule has 1 aromatic rings. The Kier molecular flexibility index (Phi) is 5.90. The lowest BCUT2D eigenvalue weighted by Gasteiger charge is -2.29. The zero-order valence-electron chi connectivity index (χ0n) is 12.7. The zero-order chi connectivity index (χ0) is 16.8. The van der Waals surface area contributed by atoms with E-state index in [4.69, 9.17) is 5.11 Å². The number of carbonyl (C=O) groups is 2. The van der Waals surface area contributed by atoms with Crippen molar-refractivity contribution in [3.8, 4) is 0 Å². The van der Waals surface area contributed by atoms with Crippen LogP contribution in [-0.2, 0) is 11.3 Å². The molecule has 0 spiro atoms. The lowest BCUT2D eigenvalue weighted by Crippen LogP contribution is -2.45. The van der Waals surface area contributed by atoms with Gasteiger partial charge in [0, 0.05) is 18.2 Å². The molecule has 2 N–H and O–H groups in total. The first kappa shape index (κ1) is 17.2. The topological polar surface area (TPSA) is 69.6 Å². The van der Waals surface area contributed by atoms with Crippen molar-refractivity contribution in [3.63, 3.8) is 0 Å². The van der Waals surface area contributed by atoms with Crippen LogP contribution >= 0.6 is 0 Å². The third-order valence-electron chi connectivity index (χ3n) is 3.99. The Balaban J connectivity index is 2.08. The maximum absolute atomic E-state index is 13.8. The van der Waals surface area contributed by atoms with Crippen molar-refractivity contribution in [1.29, 1.82) is 0 Å². The van der Waals surface area contributed by atoms with Gasteiger partial charge in [-0.2, -0.15) is 0 Å². The fourth-order valence-corrected chi connectivity index (χ4v) is 2.81. The Bertz CT molecular complexity index is 574. The van der Waals surface area contributed by atoms with E-state index in [2.05, 4.69) is 5.32 Å². The number of rotatable bonds is 6. The summed E-state index contributed by atoms with van der Waals surface area (Å²) in [6, 6.07) is 2.68. The number of halogens is 2. The van der Waals surface area contributed by atoms with Gasteiger partial charge < -0.3 is 15.3 Å². The summed E-state index contributed by atoms with van der Waals surface area (Å²) in [6.07, 6.45) is 3.40. The third-order valence-corrected chi connectivity index (χ3v) is 3.99. The summed E-state index contributed by atoms with van der Waals surface area (Å²) in [7, 11) is 0. The van der Waals surface area contributed by atoms with Crippen LogP contribution in [0.5, 0.6) is 0 Å². The molecule has 7 heteroatoms. The largest absolute Gasteiger partial charge is 0.481 e. The van der Waals surface area contributed by atoms with Crippen molar-refractivity contribution in [2.45, 2.75) is 44.7 Å². The van der Waals surface area contributed by atoms with Crippen LogP contribution in [0.15, 0.2) is 18.2 Å². The van der Waals surface area contributed by atoms with Crippen molar-refractivity contribution in [2.75, 3.05) is 6.54 Å².